The van der Waals surface area contributed by atoms with Crippen LogP contribution in [0.4, 0.5) is 4.39 Å². The van der Waals surface area contributed by atoms with Gasteiger partial charge in [0.15, 0.2) is 0 Å². The number of benzene rings is 1. The van der Waals surface area contributed by atoms with E-state index >= 15 is 0 Å². The van der Waals surface area contributed by atoms with Crippen LogP contribution in [0.15, 0.2) is 12.1 Å². The zero-order chi connectivity index (χ0) is 10.0. The second-order valence-corrected chi connectivity index (χ2v) is 3.61. The molecule has 0 saturated carbocycles. The van der Waals surface area contributed by atoms with Gasteiger partial charge in [0.05, 0.1) is 6.61 Å². The molecule has 0 aliphatic rings. The Morgan fingerprint density at radius 3 is 2.46 bits per heavy atom. The fraction of sp³-hybridized carbons (Fsp3) is 0.455. The molecule has 1 rings (SSSR count). The SMILES string of the molecule is Cc1cc(F)cc(CO)c1C(C)C. The van der Waals surface area contributed by atoms with Gasteiger partial charge in [-0.25, -0.2) is 4.39 Å². The second kappa shape index (κ2) is 3.88. The maximum atomic E-state index is 12.9. The topological polar surface area (TPSA) is 20.2 Å². The summed E-state index contributed by atoms with van der Waals surface area (Å²) in [5, 5.41) is 9.05. The summed E-state index contributed by atoms with van der Waals surface area (Å²) in [5.41, 5.74) is 2.68. The predicted molar refractivity (Wildman–Crippen MR) is 51.1 cm³/mol. The smallest absolute Gasteiger partial charge is 0.123 e. The summed E-state index contributed by atoms with van der Waals surface area (Å²) in [7, 11) is 0. The molecule has 72 valence electrons. The number of aliphatic hydroxyl groups is 1. The van der Waals surface area contributed by atoms with Crippen molar-refractivity contribution in [1.29, 1.82) is 0 Å². The summed E-state index contributed by atoms with van der Waals surface area (Å²) >= 11 is 0. The molecule has 1 N–H and O–H groups in total. The Kier molecular flexibility index (Phi) is 3.04. The highest BCUT2D eigenvalue weighted by Crippen LogP contribution is 2.24. The highest BCUT2D eigenvalue weighted by molar-refractivity contribution is 5.37. The van der Waals surface area contributed by atoms with Crippen molar-refractivity contribution in [2.45, 2.75) is 33.3 Å². The first-order valence-electron chi connectivity index (χ1n) is 4.46. The summed E-state index contributed by atoms with van der Waals surface area (Å²) in [5.74, 6) is 0.0497. The molecule has 0 bridgehead atoms. The van der Waals surface area contributed by atoms with Gasteiger partial charge in [0, 0.05) is 0 Å². The molecule has 1 aromatic carbocycles. The third kappa shape index (κ3) is 2.07. The third-order valence-electron chi connectivity index (χ3n) is 2.18. The molecule has 0 aromatic heterocycles. The number of halogens is 1. The lowest BCUT2D eigenvalue weighted by molar-refractivity contribution is 0.279. The summed E-state index contributed by atoms with van der Waals surface area (Å²) < 4.78 is 12.9. The molecule has 13 heavy (non-hydrogen) atoms. The van der Waals surface area contributed by atoms with Gasteiger partial charge >= 0.3 is 0 Å². The van der Waals surface area contributed by atoms with E-state index in [9.17, 15) is 4.39 Å². The van der Waals surface area contributed by atoms with Gasteiger partial charge in [-0.2, -0.15) is 0 Å². The second-order valence-electron chi connectivity index (χ2n) is 3.61. The highest BCUT2D eigenvalue weighted by atomic mass is 19.1. The average molecular weight is 182 g/mol. The minimum atomic E-state index is -0.272. The zero-order valence-electron chi connectivity index (χ0n) is 8.26. The van der Waals surface area contributed by atoms with Gasteiger partial charge in [-0.15, -0.1) is 0 Å². The minimum Gasteiger partial charge on any atom is -0.392 e. The molecule has 0 fully saturated rings. The van der Waals surface area contributed by atoms with Crippen molar-refractivity contribution in [2.24, 2.45) is 0 Å². The van der Waals surface area contributed by atoms with E-state index < -0.39 is 0 Å². The molecule has 0 atom stereocenters. The first kappa shape index (κ1) is 10.2. The van der Waals surface area contributed by atoms with Gasteiger partial charge in [0.1, 0.15) is 5.82 Å². The molecule has 1 nitrogen and oxygen atoms in total. The molecule has 1 aromatic rings. The lowest BCUT2D eigenvalue weighted by atomic mass is 9.93. The van der Waals surface area contributed by atoms with Crippen molar-refractivity contribution < 1.29 is 9.50 Å². The van der Waals surface area contributed by atoms with E-state index in [1.165, 1.54) is 12.1 Å². The van der Waals surface area contributed by atoms with Crippen LogP contribution in [0.1, 0.15) is 36.5 Å². The van der Waals surface area contributed by atoms with Crippen LogP contribution in [0.3, 0.4) is 0 Å². The Morgan fingerprint density at radius 1 is 1.38 bits per heavy atom. The van der Waals surface area contributed by atoms with Crippen LogP contribution >= 0.6 is 0 Å². The van der Waals surface area contributed by atoms with Crippen LogP contribution in [-0.2, 0) is 6.61 Å². The van der Waals surface area contributed by atoms with Gasteiger partial charge in [-0.1, -0.05) is 13.8 Å². The quantitative estimate of drug-likeness (QED) is 0.745. The molecular formula is C11H15FO. The Balaban J connectivity index is 3.30. The molecule has 0 unspecified atom stereocenters. The summed E-state index contributed by atoms with van der Waals surface area (Å²) in [6, 6.07) is 2.91. The Bertz CT molecular complexity index is 305. The van der Waals surface area contributed by atoms with Gasteiger partial charge in [-0.3, -0.25) is 0 Å². The summed E-state index contributed by atoms with van der Waals surface area (Å²) in [6.07, 6.45) is 0. The fourth-order valence-corrected chi connectivity index (χ4v) is 1.78. The van der Waals surface area contributed by atoms with Crippen molar-refractivity contribution >= 4 is 0 Å². The Morgan fingerprint density at radius 2 is 2.00 bits per heavy atom. The van der Waals surface area contributed by atoms with E-state index in [1.807, 2.05) is 20.8 Å². The van der Waals surface area contributed by atoms with E-state index in [0.717, 1.165) is 11.1 Å². The number of rotatable bonds is 2. The predicted octanol–water partition coefficient (Wildman–Crippen LogP) is 2.75. The number of hydrogen-bond donors (Lipinski definition) is 1. The molecular weight excluding hydrogens is 167 g/mol. The van der Waals surface area contributed by atoms with Crippen LogP contribution in [0, 0.1) is 12.7 Å². The monoisotopic (exact) mass is 182 g/mol. The van der Waals surface area contributed by atoms with Crippen LogP contribution in [0.25, 0.3) is 0 Å². The number of aryl methyl sites for hydroxylation is 1. The van der Waals surface area contributed by atoms with Gasteiger partial charge in [0.2, 0.25) is 0 Å². The van der Waals surface area contributed by atoms with Crippen LogP contribution < -0.4 is 0 Å². The third-order valence-corrected chi connectivity index (χ3v) is 2.18. The van der Waals surface area contributed by atoms with E-state index in [2.05, 4.69) is 0 Å². The van der Waals surface area contributed by atoms with Crippen LogP contribution in [0.2, 0.25) is 0 Å². The molecule has 2 heteroatoms. The fourth-order valence-electron chi connectivity index (χ4n) is 1.78. The lowest BCUT2D eigenvalue weighted by Crippen LogP contribution is -2.00. The zero-order valence-corrected chi connectivity index (χ0v) is 8.26. The van der Waals surface area contributed by atoms with Crippen molar-refractivity contribution in [1.82, 2.24) is 0 Å². The minimum absolute atomic E-state index is 0.0912. The molecule has 0 aliphatic carbocycles. The standard InChI is InChI=1S/C11H15FO/c1-7(2)11-8(3)4-10(12)5-9(11)6-13/h4-5,7,13H,6H2,1-3H3. The van der Waals surface area contributed by atoms with Crippen molar-refractivity contribution in [3.05, 3.63) is 34.6 Å². The van der Waals surface area contributed by atoms with Crippen LogP contribution in [-0.4, -0.2) is 5.11 Å². The van der Waals surface area contributed by atoms with Gasteiger partial charge < -0.3 is 5.11 Å². The normalized spacial score (nSPS) is 10.9. The molecule has 0 radical (unpaired) electrons. The first-order chi connectivity index (χ1) is 6.06. The largest absolute Gasteiger partial charge is 0.392 e. The van der Waals surface area contributed by atoms with Crippen molar-refractivity contribution in [2.75, 3.05) is 0 Å². The van der Waals surface area contributed by atoms with Crippen LogP contribution in [0.5, 0.6) is 0 Å². The number of hydrogen-bond acceptors (Lipinski definition) is 1. The Labute approximate surface area is 78.2 Å². The van der Waals surface area contributed by atoms with E-state index in [-0.39, 0.29) is 12.4 Å². The van der Waals surface area contributed by atoms with E-state index in [1.54, 1.807) is 0 Å². The Hall–Kier alpha value is -0.890. The average Bonchev–Trinajstić information content (AvgIpc) is 2.01. The van der Waals surface area contributed by atoms with Crippen molar-refractivity contribution in [3.8, 4) is 0 Å². The molecule has 0 heterocycles. The molecule has 0 aliphatic heterocycles. The number of aliphatic hydroxyl groups excluding tert-OH is 1. The van der Waals surface area contributed by atoms with Crippen molar-refractivity contribution in [3.63, 3.8) is 0 Å². The van der Waals surface area contributed by atoms with E-state index in [0.29, 0.717) is 11.5 Å². The van der Waals surface area contributed by atoms with E-state index in [4.69, 9.17) is 5.11 Å². The van der Waals surface area contributed by atoms with Gasteiger partial charge in [0.25, 0.3) is 0 Å². The maximum Gasteiger partial charge on any atom is 0.123 e. The first-order valence-corrected chi connectivity index (χ1v) is 4.46. The molecule has 0 spiro atoms. The summed E-state index contributed by atoms with van der Waals surface area (Å²) in [4.78, 5) is 0. The molecule has 0 saturated heterocycles. The summed E-state index contributed by atoms with van der Waals surface area (Å²) in [6.45, 7) is 5.86. The highest BCUT2D eigenvalue weighted by Gasteiger charge is 2.10. The lowest BCUT2D eigenvalue weighted by Gasteiger charge is -2.14. The maximum absolute atomic E-state index is 12.9. The van der Waals surface area contributed by atoms with Gasteiger partial charge in [-0.05, 0) is 41.7 Å². The molecule has 0 amide bonds.